The van der Waals surface area contributed by atoms with Gasteiger partial charge in [-0.3, -0.25) is 4.79 Å². The molecular formula is C12H23ClN2O2. The smallest absolute Gasteiger partial charge is 0.246 e. The second kappa shape index (κ2) is 7.19. The van der Waals surface area contributed by atoms with E-state index >= 15 is 0 Å². The summed E-state index contributed by atoms with van der Waals surface area (Å²) in [7, 11) is 0. The molecule has 0 aromatic carbocycles. The van der Waals surface area contributed by atoms with Gasteiger partial charge in [0.05, 0.1) is 6.10 Å². The predicted molar refractivity (Wildman–Crippen MR) is 69.2 cm³/mol. The minimum absolute atomic E-state index is 0. The maximum atomic E-state index is 11.5. The Morgan fingerprint density at radius 3 is 2.53 bits per heavy atom. The molecule has 1 atom stereocenters. The fourth-order valence-corrected chi connectivity index (χ4v) is 2.22. The zero-order valence-electron chi connectivity index (χ0n) is 10.2. The second-order valence-electron chi connectivity index (χ2n) is 5.02. The molecule has 2 fully saturated rings. The van der Waals surface area contributed by atoms with Crippen LogP contribution in [0.25, 0.3) is 0 Å². The van der Waals surface area contributed by atoms with Crippen LogP contribution in [0, 0.1) is 5.92 Å². The Bertz CT molecular complexity index is 233. The first-order valence-electron chi connectivity index (χ1n) is 6.39. The van der Waals surface area contributed by atoms with Gasteiger partial charge in [0, 0.05) is 12.6 Å². The van der Waals surface area contributed by atoms with E-state index < -0.39 is 0 Å². The van der Waals surface area contributed by atoms with E-state index in [0.717, 1.165) is 12.8 Å². The largest absolute Gasteiger partial charge is 0.368 e. The second-order valence-corrected chi connectivity index (χ2v) is 5.02. The van der Waals surface area contributed by atoms with Crippen molar-refractivity contribution in [3.63, 3.8) is 0 Å². The average Bonchev–Trinajstić information content (AvgIpc) is 3.01. The molecule has 1 amide bonds. The summed E-state index contributed by atoms with van der Waals surface area (Å²) in [6.07, 6.45) is 7.43. The highest BCUT2D eigenvalue weighted by atomic mass is 35.5. The molecule has 4 nitrogen and oxygen atoms in total. The summed E-state index contributed by atoms with van der Waals surface area (Å²) in [6.45, 7) is 0.791. The van der Waals surface area contributed by atoms with Gasteiger partial charge in [0.25, 0.3) is 0 Å². The number of ether oxygens (including phenoxy) is 1. The Kier molecular flexibility index (Phi) is 6.23. The van der Waals surface area contributed by atoms with Crippen LogP contribution in [0.1, 0.15) is 38.5 Å². The number of nitrogens with two attached hydrogens (primary N) is 1. The van der Waals surface area contributed by atoms with Crippen molar-refractivity contribution in [3.8, 4) is 0 Å². The summed E-state index contributed by atoms with van der Waals surface area (Å²) in [4.78, 5) is 11.5. The van der Waals surface area contributed by atoms with Gasteiger partial charge in [-0.15, -0.1) is 12.4 Å². The lowest BCUT2D eigenvalue weighted by molar-refractivity contribution is -0.127. The molecule has 100 valence electrons. The van der Waals surface area contributed by atoms with E-state index in [2.05, 4.69) is 5.32 Å². The number of amides is 1. The van der Waals surface area contributed by atoms with Gasteiger partial charge in [0.2, 0.25) is 5.91 Å². The van der Waals surface area contributed by atoms with Crippen LogP contribution >= 0.6 is 12.4 Å². The van der Waals surface area contributed by atoms with Gasteiger partial charge >= 0.3 is 0 Å². The van der Waals surface area contributed by atoms with Gasteiger partial charge in [0.15, 0.2) is 0 Å². The third-order valence-corrected chi connectivity index (χ3v) is 3.51. The third-order valence-electron chi connectivity index (χ3n) is 3.51. The Balaban J connectivity index is 0.00000144. The molecule has 0 spiro atoms. The van der Waals surface area contributed by atoms with Crippen molar-refractivity contribution in [3.05, 3.63) is 0 Å². The fraction of sp³-hybridized carbons (Fsp3) is 0.917. The van der Waals surface area contributed by atoms with Crippen LogP contribution in [-0.4, -0.2) is 31.2 Å². The maximum absolute atomic E-state index is 11.5. The summed E-state index contributed by atoms with van der Waals surface area (Å²) in [5, 5.41) is 2.84. The first-order chi connectivity index (χ1) is 7.75. The van der Waals surface area contributed by atoms with Gasteiger partial charge in [0.1, 0.15) is 6.61 Å². The van der Waals surface area contributed by atoms with Crippen LogP contribution in [0.3, 0.4) is 0 Å². The standard InChI is InChI=1S/C12H22N2O2.ClH/c13-11(9-5-6-9)7-14-12(15)8-16-10-3-1-2-4-10;/h9-11H,1-8,13H2,(H,14,15);1H. The highest BCUT2D eigenvalue weighted by molar-refractivity contribution is 5.85. The predicted octanol–water partition coefficient (Wildman–Crippen LogP) is 1.22. The Morgan fingerprint density at radius 1 is 1.29 bits per heavy atom. The maximum Gasteiger partial charge on any atom is 0.246 e. The molecule has 1 unspecified atom stereocenters. The number of hydrogen-bond acceptors (Lipinski definition) is 3. The number of halogens is 1. The number of rotatable bonds is 6. The van der Waals surface area contributed by atoms with Crippen molar-refractivity contribution < 1.29 is 9.53 Å². The summed E-state index contributed by atoms with van der Waals surface area (Å²) >= 11 is 0. The quantitative estimate of drug-likeness (QED) is 0.757. The number of carbonyl (C=O) groups is 1. The Morgan fingerprint density at radius 2 is 1.94 bits per heavy atom. The van der Waals surface area contributed by atoms with Crippen LogP contribution in [-0.2, 0) is 9.53 Å². The molecule has 2 saturated carbocycles. The summed E-state index contributed by atoms with van der Waals surface area (Å²) in [5.74, 6) is 0.610. The van der Waals surface area contributed by atoms with Gasteiger partial charge in [-0.25, -0.2) is 0 Å². The third kappa shape index (κ3) is 5.23. The Labute approximate surface area is 109 Å². The van der Waals surface area contributed by atoms with Crippen molar-refractivity contribution >= 4 is 18.3 Å². The minimum atomic E-state index is -0.0250. The lowest BCUT2D eigenvalue weighted by Gasteiger charge is -2.13. The molecule has 0 radical (unpaired) electrons. The summed E-state index contributed by atoms with van der Waals surface area (Å²) in [6, 6.07) is 0.135. The number of nitrogens with one attached hydrogen (secondary N) is 1. The number of carbonyl (C=O) groups excluding carboxylic acids is 1. The molecule has 0 aliphatic heterocycles. The number of hydrogen-bond donors (Lipinski definition) is 2. The zero-order valence-corrected chi connectivity index (χ0v) is 11.0. The van der Waals surface area contributed by atoms with Gasteiger partial charge in [-0.1, -0.05) is 12.8 Å². The van der Waals surface area contributed by atoms with Crippen molar-refractivity contribution in [1.29, 1.82) is 0 Å². The van der Waals surface area contributed by atoms with Crippen LogP contribution in [0.4, 0.5) is 0 Å². The topological polar surface area (TPSA) is 64.3 Å². The molecule has 2 aliphatic carbocycles. The van der Waals surface area contributed by atoms with Crippen LogP contribution < -0.4 is 11.1 Å². The molecule has 0 bridgehead atoms. The lowest BCUT2D eigenvalue weighted by Crippen LogP contribution is -2.40. The molecule has 0 saturated heterocycles. The van der Waals surface area contributed by atoms with Gasteiger partial charge in [-0.05, 0) is 31.6 Å². The summed E-state index contributed by atoms with van der Waals surface area (Å²) < 4.78 is 5.52. The molecule has 0 heterocycles. The van der Waals surface area contributed by atoms with Crippen molar-refractivity contribution in [2.45, 2.75) is 50.7 Å². The van der Waals surface area contributed by atoms with Crippen molar-refractivity contribution in [2.24, 2.45) is 11.7 Å². The van der Waals surface area contributed by atoms with E-state index in [0.29, 0.717) is 18.6 Å². The molecule has 5 heteroatoms. The van der Waals surface area contributed by atoms with Gasteiger partial charge < -0.3 is 15.8 Å². The highest BCUT2D eigenvalue weighted by Crippen LogP contribution is 2.31. The molecule has 17 heavy (non-hydrogen) atoms. The monoisotopic (exact) mass is 262 g/mol. The zero-order chi connectivity index (χ0) is 11.4. The van der Waals surface area contributed by atoms with Crippen molar-refractivity contribution in [1.82, 2.24) is 5.32 Å². The normalized spacial score (nSPS) is 21.9. The van der Waals surface area contributed by atoms with E-state index in [4.69, 9.17) is 10.5 Å². The first kappa shape index (κ1) is 14.7. The van der Waals surface area contributed by atoms with E-state index in [1.165, 1.54) is 25.7 Å². The van der Waals surface area contributed by atoms with E-state index in [1.807, 2.05) is 0 Å². The minimum Gasteiger partial charge on any atom is -0.368 e. The molecule has 3 N–H and O–H groups in total. The van der Waals surface area contributed by atoms with E-state index in [9.17, 15) is 4.79 Å². The highest BCUT2D eigenvalue weighted by Gasteiger charge is 2.28. The van der Waals surface area contributed by atoms with E-state index in [1.54, 1.807) is 0 Å². The SMILES string of the molecule is Cl.NC(CNC(=O)COC1CCCC1)C1CC1. The van der Waals surface area contributed by atoms with E-state index in [-0.39, 0.29) is 31.0 Å². The lowest BCUT2D eigenvalue weighted by atomic mass is 10.2. The molecule has 2 rings (SSSR count). The van der Waals surface area contributed by atoms with Crippen LogP contribution in [0.2, 0.25) is 0 Å². The first-order valence-corrected chi connectivity index (χ1v) is 6.39. The van der Waals surface area contributed by atoms with Crippen molar-refractivity contribution in [2.75, 3.05) is 13.2 Å². The molecule has 0 aromatic rings. The Hall–Kier alpha value is -0.320. The van der Waals surface area contributed by atoms with Gasteiger partial charge in [-0.2, -0.15) is 0 Å². The molecule has 2 aliphatic rings. The van der Waals surface area contributed by atoms with Crippen LogP contribution in [0.5, 0.6) is 0 Å². The summed E-state index contributed by atoms with van der Waals surface area (Å²) in [5.41, 5.74) is 5.89. The molecular weight excluding hydrogens is 240 g/mol. The average molecular weight is 263 g/mol. The van der Waals surface area contributed by atoms with Crippen LogP contribution in [0.15, 0.2) is 0 Å². The fourth-order valence-electron chi connectivity index (χ4n) is 2.22. The molecule has 0 aromatic heterocycles.